The van der Waals surface area contributed by atoms with E-state index < -0.39 is 0 Å². The molecule has 0 aromatic rings. The number of ether oxygens (including phenoxy) is 1. The second kappa shape index (κ2) is 10.2. The van der Waals surface area contributed by atoms with Crippen LogP contribution in [-0.4, -0.2) is 12.4 Å². The smallest absolute Gasteiger partial charge is 0.149 e. The minimum Gasteiger partial charge on any atom is -0.491 e. The van der Waals surface area contributed by atoms with Gasteiger partial charge in [-0.1, -0.05) is 27.4 Å². The first kappa shape index (κ1) is 17.1. The molecule has 1 aliphatic rings. The molecule has 0 bridgehead atoms. The lowest BCUT2D eigenvalue weighted by Gasteiger charge is -2.09. The summed E-state index contributed by atoms with van der Waals surface area (Å²) in [6, 6.07) is 0. The van der Waals surface area contributed by atoms with Crippen LogP contribution >= 0.6 is 0 Å². The molecule has 92 valence electrons. The van der Waals surface area contributed by atoms with Gasteiger partial charge < -0.3 is 4.74 Å². The number of carbonyl (C=O) groups is 1. The zero-order valence-electron chi connectivity index (χ0n) is 9.99. The summed E-state index contributed by atoms with van der Waals surface area (Å²) in [5.74, 6) is 0.836. The lowest BCUT2D eigenvalue weighted by molar-refractivity contribution is -0.104. The summed E-state index contributed by atoms with van der Waals surface area (Å²) >= 11 is 0. The molecule has 0 amide bonds. The van der Waals surface area contributed by atoms with E-state index in [1.165, 1.54) is 0 Å². The van der Waals surface area contributed by atoms with Crippen molar-refractivity contribution < 1.29 is 9.53 Å². The molecule has 0 fully saturated rings. The van der Waals surface area contributed by atoms with Crippen LogP contribution in [0.5, 0.6) is 0 Å². The van der Waals surface area contributed by atoms with E-state index in [1.54, 1.807) is 6.08 Å². The van der Waals surface area contributed by atoms with E-state index in [9.17, 15) is 4.79 Å². The van der Waals surface area contributed by atoms with Gasteiger partial charge in [-0.3, -0.25) is 4.79 Å². The topological polar surface area (TPSA) is 26.3 Å². The summed E-state index contributed by atoms with van der Waals surface area (Å²) in [4.78, 5) is 10.5. The Morgan fingerprint density at radius 2 is 1.88 bits per heavy atom. The second-order valence-corrected chi connectivity index (χ2v) is 3.16. The molecule has 0 radical (unpaired) electrons. The van der Waals surface area contributed by atoms with Crippen LogP contribution in [0.15, 0.2) is 35.6 Å². The van der Waals surface area contributed by atoms with Crippen molar-refractivity contribution in [3.05, 3.63) is 35.6 Å². The molecule has 0 aliphatic heterocycles. The molecular formula is C14H24O2. The van der Waals surface area contributed by atoms with E-state index in [0.717, 1.165) is 18.5 Å². The maximum Gasteiger partial charge on any atom is 0.149 e. The van der Waals surface area contributed by atoms with Gasteiger partial charge in [-0.25, -0.2) is 0 Å². The summed E-state index contributed by atoms with van der Waals surface area (Å²) < 4.78 is 5.49. The highest BCUT2D eigenvalue weighted by Gasteiger charge is 2.00. The Bertz CT molecular complexity index is 270. The van der Waals surface area contributed by atoms with Crippen LogP contribution in [0.3, 0.4) is 0 Å². The fourth-order valence-electron chi connectivity index (χ4n) is 1.07. The van der Waals surface area contributed by atoms with Crippen molar-refractivity contribution in [1.29, 1.82) is 0 Å². The number of carbonyl (C=O) groups excluding carboxylic acids is 1. The van der Waals surface area contributed by atoms with Gasteiger partial charge in [0, 0.05) is 5.57 Å². The van der Waals surface area contributed by atoms with Crippen molar-refractivity contribution in [2.75, 3.05) is 0 Å². The van der Waals surface area contributed by atoms with Gasteiger partial charge in [0.15, 0.2) is 0 Å². The fraction of sp³-hybridized carbons (Fsp3) is 0.500. The van der Waals surface area contributed by atoms with Gasteiger partial charge in [-0.15, -0.1) is 0 Å². The molecular weight excluding hydrogens is 200 g/mol. The quantitative estimate of drug-likeness (QED) is 0.676. The summed E-state index contributed by atoms with van der Waals surface area (Å²) in [6.07, 6.45) is 9.22. The average Bonchev–Trinajstić information content (AvgIpc) is 2.45. The standard InChI is InChI=1S/C11H14O2.C2H6.CH4/c1-9(2)13-11-5-3-4-10(8-12)6-7-11;1-2;/h4-9H,3H2,1-2H3;1-2H3;1H4. The first-order chi connectivity index (χ1) is 7.22. The summed E-state index contributed by atoms with van der Waals surface area (Å²) in [5.41, 5.74) is 0.707. The van der Waals surface area contributed by atoms with Gasteiger partial charge >= 0.3 is 0 Å². The third-order valence-corrected chi connectivity index (χ3v) is 1.62. The molecule has 1 aliphatic carbocycles. The van der Waals surface area contributed by atoms with Gasteiger partial charge in [0.1, 0.15) is 12.0 Å². The van der Waals surface area contributed by atoms with Crippen molar-refractivity contribution in [2.45, 2.75) is 47.6 Å². The fourth-order valence-corrected chi connectivity index (χ4v) is 1.07. The lowest BCUT2D eigenvalue weighted by Crippen LogP contribution is -2.00. The molecule has 16 heavy (non-hydrogen) atoms. The highest BCUT2D eigenvalue weighted by molar-refractivity contribution is 5.77. The Hall–Kier alpha value is -1.31. The molecule has 0 heterocycles. The maximum absolute atomic E-state index is 10.5. The number of rotatable bonds is 3. The van der Waals surface area contributed by atoms with Crippen LogP contribution in [0.25, 0.3) is 0 Å². The largest absolute Gasteiger partial charge is 0.491 e. The number of hydrogen-bond donors (Lipinski definition) is 0. The highest BCUT2D eigenvalue weighted by atomic mass is 16.5. The van der Waals surface area contributed by atoms with Gasteiger partial charge in [0.2, 0.25) is 0 Å². The molecule has 0 atom stereocenters. The van der Waals surface area contributed by atoms with E-state index >= 15 is 0 Å². The van der Waals surface area contributed by atoms with Crippen molar-refractivity contribution in [2.24, 2.45) is 0 Å². The zero-order chi connectivity index (χ0) is 11.7. The number of allylic oxidation sites excluding steroid dienone is 5. The molecule has 2 nitrogen and oxygen atoms in total. The molecule has 0 aromatic carbocycles. The van der Waals surface area contributed by atoms with Crippen LogP contribution < -0.4 is 0 Å². The zero-order valence-corrected chi connectivity index (χ0v) is 9.99. The molecule has 0 aromatic heterocycles. The molecule has 0 spiro atoms. The predicted octanol–water partition coefficient (Wildman–Crippen LogP) is 4.04. The highest BCUT2D eigenvalue weighted by Crippen LogP contribution is 2.11. The van der Waals surface area contributed by atoms with E-state index in [-0.39, 0.29) is 13.5 Å². The summed E-state index contributed by atoms with van der Waals surface area (Å²) in [6.45, 7) is 7.96. The van der Waals surface area contributed by atoms with Crippen molar-refractivity contribution in [3.63, 3.8) is 0 Å². The second-order valence-electron chi connectivity index (χ2n) is 3.16. The Balaban J connectivity index is 0. The third-order valence-electron chi connectivity index (χ3n) is 1.62. The van der Waals surface area contributed by atoms with Crippen LogP contribution in [0, 0.1) is 0 Å². The molecule has 1 rings (SSSR count). The Morgan fingerprint density at radius 1 is 1.25 bits per heavy atom. The molecule has 2 heteroatoms. The van der Waals surface area contributed by atoms with E-state index in [0.29, 0.717) is 5.57 Å². The predicted molar refractivity (Wildman–Crippen MR) is 70.3 cm³/mol. The van der Waals surface area contributed by atoms with Crippen LogP contribution in [0.2, 0.25) is 0 Å². The van der Waals surface area contributed by atoms with Crippen molar-refractivity contribution in [3.8, 4) is 0 Å². The van der Waals surface area contributed by atoms with E-state index in [4.69, 9.17) is 4.74 Å². The number of aldehydes is 1. The van der Waals surface area contributed by atoms with Crippen LogP contribution in [0.4, 0.5) is 0 Å². The Morgan fingerprint density at radius 3 is 2.38 bits per heavy atom. The summed E-state index contributed by atoms with van der Waals surface area (Å²) in [5, 5.41) is 0. The first-order valence-electron chi connectivity index (χ1n) is 5.42. The minimum atomic E-state index is 0. The number of hydrogen-bond acceptors (Lipinski definition) is 2. The van der Waals surface area contributed by atoms with Gasteiger partial charge in [0.25, 0.3) is 0 Å². The minimum absolute atomic E-state index is 0. The maximum atomic E-state index is 10.5. The SMILES string of the molecule is C.CC.CC(C)OC1=CCC=C(C=O)C=C1. The van der Waals surface area contributed by atoms with Gasteiger partial charge in [-0.2, -0.15) is 0 Å². The Labute approximate surface area is 99.7 Å². The van der Waals surface area contributed by atoms with Gasteiger partial charge in [-0.05, 0) is 38.5 Å². The molecule has 0 saturated carbocycles. The van der Waals surface area contributed by atoms with Crippen molar-refractivity contribution in [1.82, 2.24) is 0 Å². The normalized spacial score (nSPS) is 13.6. The third kappa shape index (κ3) is 7.04. The Kier molecular flexibility index (Phi) is 10.9. The lowest BCUT2D eigenvalue weighted by atomic mass is 10.2. The molecule has 0 saturated heterocycles. The average molecular weight is 224 g/mol. The van der Waals surface area contributed by atoms with E-state index in [1.807, 2.05) is 45.9 Å². The first-order valence-corrected chi connectivity index (χ1v) is 5.42. The van der Waals surface area contributed by atoms with Crippen molar-refractivity contribution >= 4 is 6.29 Å². The molecule has 0 N–H and O–H groups in total. The van der Waals surface area contributed by atoms with Gasteiger partial charge in [0.05, 0.1) is 6.10 Å². The van der Waals surface area contributed by atoms with Crippen LogP contribution in [-0.2, 0) is 9.53 Å². The van der Waals surface area contributed by atoms with E-state index in [2.05, 4.69) is 0 Å². The monoisotopic (exact) mass is 224 g/mol. The van der Waals surface area contributed by atoms with Crippen LogP contribution in [0.1, 0.15) is 41.5 Å². The summed E-state index contributed by atoms with van der Waals surface area (Å²) in [7, 11) is 0. The molecule has 0 unspecified atom stereocenters.